The zero-order valence-corrected chi connectivity index (χ0v) is 27.0. The lowest BCUT2D eigenvalue weighted by molar-refractivity contribution is 0.243. The molecule has 10 nitrogen and oxygen atoms in total. The summed E-state index contributed by atoms with van der Waals surface area (Å²) < 4.78 is 34.7. The molecule has 0 spiro atoms. The van der Waals surface area contributed by atoms with Gasteiger partial charge in [0.2, 0.25) is 10.0 Å². The van der Waals surface area contributed by atoms with Gasteiger partial charge in [0, 0.05) is 87.9 Å². The van der Waals surface area contributed by atoms with Crippen LogP contribution in [0.15, 0.2) is 96.2 Å². The minimum atomic E-state index is -3.71. The smallest absolute Gasteiger partial charge is 0.243 e. The Morgan fingerprint density at radius 2 is 1.57 bits per heavy atom. The van der Waals surface area contributed by atoms with Crippen LogP contribution in [0, 0.1) is 0 Å². The van der Waals surface area contributed by atoms with Gasteiger partial charge in [0.05, 0.1) is 23.4 Å². The van der Waals surface area contributed by atoms with E-state index in [0.29, 0.717) is 44.2 Å². The highest BCUT2D eigenvalue weighted by atomic mass is 32.2. The van der Waals surface area contributed by atoms with E-state index in [1.807, 2.05) is 54.6 Å². The van der Waals surface area contributed by atoms with Crippen molar-refractivity contribution in [3.05, 3.63) is 119 Å². The molecule has 3 N–H and O–H groups in total. The van der Waals surface area contributed by atoms with Crippen LogP contribution in [-0.4, -0.2) is 72.4 Å². The summed E-state index contributed by atoms with van der Waals surface area (Å²) in [6, 6.07) is 25.1. The number of hydrogen-bond donors (Lipinski definition) is 3. The standard InChI is InChI=1S/C35H41N7O3S/c1-45-30-10-13-34-33(22-30)32-14-19-41(26-35(32)40-34)25-27-8-11-31(12-9-27)46(43,44)42(20-17-36-23-28-6-2-4-15-38-28)21-18-37-24-29-7-3-5-16-39-29/h2-13,15-16,22,36-37,40H,14,17-21,23-26H2,1H3. The molecule has 4 heterocycles. The van der Waals surface area contributed by atoms with E-state index in [1.165, 1.54) is 16.6 Å². The molecule has 0 fully saturated rings. The number of methoxy groups -OCH3 is 1. The largest absolute Gasteiger partial charge is 0.497 e. The topological polar surface area (TPSA) is 115 Å². The van der Waals surface area contributed by atoms with Gasteiger partial charge >= 0.3 is 0 Å². The quantitative estimate of drug-likeness (QED) is 0.147. The van der Waals surface area contributed by atoms with Crippen LogP contribution in [0.3, 0.4) is 0 Å². The summed E-state index contributed by atoms with van der Waals surface area (Å²) in [6.45, 7) is 5.34. The Kier molecular flexibility index (Phi) is 10.4. The van der Waals surface area contributed by atoms with Crippen LogP contribution in [0.5, 0.6) is 5.75 Å². The molecule has 11 heteroatoms. The van der Waals surface area contributed by atoms with Crippen LogP contribution in [0.1, 0.15) is 28.2 Å². The van der Waals surface area contributed by atoms with Crippen molar-refractivity contribution < 1.29 is 13.2 Å². The van der Waals surface area contributed by atoms with E-state index in [0.717, 1.165) is 54.3 Å². The summed E-state index contributed by atoms with van der Waals surface area (Å²) >= 11 is 0. The van der Waals surface area contributed by atoms with Gasteiger partial charge in [0.15, 0.2) is 0 Å². The molecule has 46 heavy (non-hydrogen) atoms. The van der Waals surface area contributed by atoms with Gasteiger partial charge in [-0.3, -0.25) is 14.9 Å². The van der Waals surface area contributed by atoms with E-state index in [2.05, 4.69) is 42.6 Å². The molecule has 0 bridgehead atoms. The molecule has 5 aromatic rings. The molecular formula is C35H41N7O3S. The highest BCUT2D eigenvalue weighted by Gasteiger charge is 2.25. The summed E-state index contributed by atoms with van der Waals surface area (Å²) in [4.78, 5) is 15.0. The molecule has 0 atom stereocenters. The monoisotopic (exact) mass is 639 g/mol. The number of aromatic nitrogens is 3. The van der Waals surface area contributed by atoms with Gasteiger partial charge < -0.3 is 20.4 Å². The van der Waals surface area contributed by atoms with E-state index in [4.69, 9.17) is 4.74 Å². The van der Waals surface area contributed by atoms with E-state index in [-0.39, 0.29) is 0 Å². The maximum absolute atomic E-state index is 13.9. The fourth-order valence-corrected chi connectivity index (χ4v) is 7.35. The van der Waals surface area contributed by atoms with Crippen LogP contribution < -0.4 is 15.4 Å². The highest BCUT2D eigenvalue weighted by Crippen LogP contribution is 2.31. The number of hydrogen-bond acceptors (Lipinski definition) is 8. The van der Waals surface area contributed by atoms with Crippen molar-refractivity contribution in [2.45, 2.75) is 37.5 Å². The average molecular weight is 640 g/mol. The van der Waals surface area contributed by atoms with Gasteiger partial charge in [0.25, 0.3) is 0 Å². The summed E-state index contributed by atoms with van der Waals surface area (Å²) in [5.74, 6) is 0.867. The molecule has 0 unspecified atom stereocenters. The maximum Gasteiger partial charge on any atom is 0.243 e. The average Bonchev–Trinajstić information content (AvgIpc) is 3.45. The second kappa shape index (κ2) is 15.0. The molecule has 1 aliphatic heterocycles. The zero-order valence-electron chi connectivity index (χ0n) is 26.2. The summed E-state index contributed by atoms with van der Waals surface area (Å²) in [5, 5.41) is 7.90. The predicted molar refractivity (Wildman–Crippen MR) is 180 cm³/mol. The molecule has 0 saturated heterocycles. The predicted octanol–water partition coefficient (Wildman–Crippen LogP) is 4.10. The lowest BCUT2D eigenvalue weighted by Crippen LogP contribution is -2.40. The first-order chi connectivity index (χ1) is 22.5. The SMILES string of the molecule is COc1ccc2[nH]c3c(c2c1)CCN(Cc1ccc(S(=O)(=O)N(CCNCc2ccccn2)CCNCc2ccccn2)cc1)C3. The number of pyridine rings is 2. The second-order valence-electron chi connectivity index (χ2n) is 11.5. The van der Waals surface area contributed by atoms with Crippen LogP contribution >= 0.6 is 0 Å². The van der Waals surface area contributed by atoms with Crippen LogP contribution in [0.2, 0.25) is 0 Å². The molecule has 0 amide bonds. The third-order valence-electron chi connectivity index (χ3n) is 8.37. The van der Waals surface area contributed by atoms with Crippen molar-refractivity contribution in [3.63, 3.8) is 0 Å². The molecule has 1 aliphatic rings. The van der Waals surface area contributed by atoms with Crippen molar-refractivity contribution in [2.24, 2.45) is 0 Å². The van der Waals surface area contributed by atoms with Crippen LogP contribution in [-0.2, 0) is 42.6 Å². The minimum absolute atomic E-state index is 0.302. The zero-order chi connectivity index (χ0) is 31.8. The van der Waals surface area contributed by atoms with Crippen molar-refractivity contribution in [3.8, 4) is 5.75 Å². The highest BCUT2D eigenvalue weighted by molar-refractivity contribution is 7.89. The van der Waals surface area contributed by atoms with Gasteiger partial charge in [-0.2, -0.15) is 4.31 Å². The van der Waals surface area contributed by atoms with Gasteiger partial charge in [-0.25, -0.2) is 8.42 Å². The Morgan fingerprint density at radius 3 is 2.17 bits per heavy atom. The summed E-state index contributed by atoms with van der Waals surface area (Å²) in [5.41, 5.74) is 6.64. The number of fused-ring (bicyclic) bond motifs is 3. The molecule has 2 aromatic carbocycles. The molecule has 3 aromatic heterocycles. The first kappa shape index (κ1) is 31.8. The fourth-order valence-electron chi connectivity index (χ4n) is 5.91. The number of ether oxygens (including phenoxy) is 1. The fraction of sp³-hybridized carbons (Fsp3) is 0.314. The molecule has 0 radical (unpaired) electrons. The molecule has 0 saturated carbocycles. The maximum atomic E-state index is 13.9. The Hall–Kier alpha value is -4.13. The second-order valence-corrected chi connectivity index (χ2v) is 13.4. The van der Waals surface area contributed by atoms with Gasteiger partial charge in [-0.05, 0) is 72.1 Å². The van der Waals surface area contributed by atoms with Crippen molar-refractivity contribution >= 4 is 20.9 Å². The van der Waals surface area contributed by atoms with E-state index in [1.54, 1.807) is 35.9 Å². The molecule has 240 valence electrons. The Labute approximate surface area is 270 Å². The number of rotatable bonds is 15. The number of nitrogens with one attached hydrogen (secondary N) is 3. The Balaban J connectivity index is 1.08. The Morgan fingerprint density at radius 1 is 0.891 bits per heavy atom. The minimum Gasteiger partial charge on any atom is -0.497 e. The lowest BCUT2D eigenvalue weighted by atomic mass is 10.0. The number of sulfonamides is 1. The van der Waals surface area contributed by atoms with Crippen LogP contribution in [0.4, 0.5) is 0 Å². The van der Waals surface area contributed by atoms with Gasteiger partial charge in [0.1, 0.15) is 5.75 Å². The normalized spacial score (nSPS) is 13.7. The number of benzene rings is 2. The van der Waals surface area contributed by atoms with E-state index in [9.17, 15) is 8.42 Å². The van der Waals surface area contributed by atoms with Gasteiger partial charge in [-0.15, -0.1) is 0 Å². The third kappa shape index (κ3) is 7.80. The van der Waals surface area contributed by atoms with Crippen molar-refractivity contribution in [2.75, 3.05) is 39.8 Å². The molecule has 0 aliphatic carbocycles. The summed E-state index contributed by atoms with van der Waals surface area (Å²) in [7, 11) is -2.01. The number of aromatic amines is 1. The Bertz CT molecular complexity index is 1770. The van der Waals surface area contributed by atoms with Crippen molar-refractivity contribution in [1.82, 2.24) is 34.8 Å². The first-order valence-electron chi connectivity index (χ1n) is 15.7. The van der Waals surface area contributed by atoms with E-state index >= 15 is 0 Å². The van der Waals surface area contributed by atoms with Crippen molar-refractivity contribution in [1.29, 1.82) is 0 Å². The van der Waals surface area contributed by atoms with Crippen LogP contribution in [0.25, 0.3) is 10.9 Å². The first-order valence-corrected chi connectivity index (χ1v) is 17.1. The molecule has 6 rings (SSSR count). The molecular weight excluding hydrogens is 598 g/mol. The van der Waals surface area contributed by atoms with E-state index < -0.39 is 10.0 Å². The lowest BCUT2D eigenvalue weighted by Gasteiger charge is -2.27. The van der Waals surface area contributed by atoms with Gasteiger partial charge in [-0.1, -0.05) is 24.3 Å². The number of nitrogens with zero attached hydrogens (tertiary/aromatic N) is 4. The summed E-state index contributed by atoms with van der Waals surface area (Å²) in [6.07, 6.45) is 4.46. The third-order valence-corrected chi connectivity index (χ3v) is 10.3. The number of H-pyrrole nitrogens is 1.